The highest BCUT2D eigenvalue weighted by Crippen LogP contribution is 2.37. The van der Waals surface area contributed by atoms with Crippen molar-refractivity contribution in [1.29, 1.82) is 0 Å². The zero-order valence-electron chi connectivity index (χ0n) is 18.2. The van der Waals surface area contributed by atoms with Crippen LogP contribution >= 0.6 is 0 Å². The summed E-state index contributed by atoms with van der Waals surface area (Å²) in [7, 11) is 4.09. The predicted octanol–water partition coefficient (Wildman–Crippen LogP) is 1.45. The Labute approximate surface area is 175 Å². The van der Waals surface area contributed by atoms with Gasteiger partial charge in [-0.05, 0) is 57.7 Å². The van der Waals surface area contributed by atoms with Crippen LogP contribution in [0.3, 0.4) is 0 Å². The summed E-state index contributed by atoms with van der Waals surface area (Å²) in [5.41, 5.74) is 8.12. The SMILES string of the molecule is C=CCN1C[C@@H](CC(=O)N(CC)CCN(C)C)C[C@@H]2Cc3nc(N)ncc3C[C@H]21. The molecule has 1 saturated heterocycles. The number of carbonyl (C=O) groups is 1. The number of likely N-dealkylation sites (tertiary alicyclic amines) is 1. The first kappa shape index (κ1) is 21.7. The van der Waals surface area contributed by atoms with Crippen molar-refractivity contribution in [2.75, 3.05) is 52.6 Å². The minimum absolute atomic E-state index is 0.277. The van der Waals surface area contributed by atoms with Crippen molar-refractivity contribution >= 4 is 11.9 Å². The van der Waals surface area contributed by atoms with E-state index in [1.807, 2.05) is 31.3 Å². The number of piperidine rings is 1. The molecule has 2 N–H and O–H groups in total. The second kappa shape index (κ2) is 9.67. The quantitative estimate of drug-likeness (QED) is 0.666. The second-order valence-corrected chi connectivity index (χ2v) is 8.76. The fourth-order valence-electron chi connectivity index (χ4n) is 4.90. The molecule has 7 nitrogen and oxygen atoms in total. The van der Waals surface area contributed by atoms with Gasteiger partial charge >= 0.3 is 0 Å². The first-order chi connectivity index (χ1) is 13.9. The number of carbonyl (C=O) groups excluding carboxylic acids is 1. The number of nitrogens with zero attached hydrogens (tertiary/aromatic N) is 5. The molecular weight excluding hydrogens is 364 g/mol. The third-order valence-corrected chi connectivity index (χ3v) is 6.38. The second-order valence-electron chi connectivity index (χ2n) is 8.76. The van der Waals surface area contributed by atoms with Crippen LogP contribution in [0, 0.1) is 11.8 Å². The number of likely N-dealkylation sites (N-methyl/N-ethyl adjacent to an activating group) is 2. The van der Waals surface area contributed by atoms with E-state index in [-0.39, 0.29) is 5.91 Å². The Morgan fingerprint density at radius 2 is 2.17 bits per heavy atom. The molecule has 1 aromatic heterocycles. The lowest BCUT2D eigenvalue weighted by molar-refractivity contribution is -0.133. The Bertz CT molecular complexity index is 721. The van der Waals surface area contributed by atoms with E-state index in [2.05, 4.69) is 33.3 Å². The minimum atomic E-state index is 0.277. The Kier molecular flexibility index (Phi) is 7.24. The van der Waals surface area contributed by atoms with Crippen LogP contribution in [0.5, 0.6) is 0 Å². The number of hydrogen-bond donors (Lipinski definition) is 1. The van der Waals surface area contributed by atoms with Crippen LogP contribution in [-0.2, 0) is 17.6 Å². The third-order valence-electron chi connectivity index (χ3n) is 6.38. The lowest BCUT2D eigenvalue weighted by Crippen LogP contribution is -2.53. The molecule has 1 aliphatic carbocycles. The van der Waals surface area contributed by atoms with Gasteiger partial charge in [0, 0.05) is 57.1 Å². The molecule has 0 unspecified atom stereocenters. The average Bonchev–Trinajstić information content (AvgIpc) is 2.67. The summed E-state index contributed by atoms with van der Waals surface area (Å²) in [5.74, 6) is 1.50. The highest BCUT2D eigenvalue weighted by Gasteiger charge is 2.40. The molecular formula is C22H36N6O. The van der Waals surface area contributed by atoms with Crippen molar-refractivity contribution in [2.24, 2.45) is 11.8 Å². The number of nitrogens with two attached hydrogens (primary N) is 1. The van der Waals surface area contributed by atoms with E-state index in [0.717, 1.165) is 57.7 Å². The molecule has 0 saturated carbocycles. The summed E-state index contributed by atoms with van der Waals surface area (Å²) >= 11 is 0. The van der Waals surface area contributed by atoms with E-state index in [1.54, 1.807) is 0 Å². The molecule has 3 rings (SSSR count). The van der Waals surface area contributed by atoms with E-state index in [1.165, 1.54) is 5.56 Å². The van der Waals surface area contributed by atoms with Gasteiger partial charge < -0.3 is 15.5 Å². The number of fused-ring (bicyclic) bond motifs is 2. The molecule has 0 bridgehead atoms. The van der Waals surface area contributed by atoms with Crippen molar-refractivity contribution in [2.45, 2.75) is 38.6 Å². The molecule has 1 aliphatic heterocycles. The van der Waals surface area contributed by atoms with Crippen molar-refractivity contribution in [3.8, 4) is 0 Å². The molecule has 2 aliphatic rings. The summed E-state index contributed by atoms with van der Waals surface area (Å²) in [4.78, 5) is 28.3. The number of rotatable bonds is 8. The monoisotopic (exact) mass is 400 g/mol. The molecule has 7 heteroatoms. The Hall–Kier alpha value is -1.99. The average molecular weight is 401 g/mol. The highest BCUT2D eigenvalue weighted by atomic mass is 16.2. The maximum atomic E-state index is 13.0. The van der Waals surface area contributed by atoms with E-state index < -0.39 is 0 Å². The number of nitrogen functional groups attached to an aromatic ring is 1. The summed E-state index contributed by atoms with van der Waals surface area (Å²) in [6.07, 6.45) is 7.43. The molecule has 160 valence electrons. The van der Waals surface area contributed by atoms with Crippen molar-refractivity contribution in [3.63, 3.8) is 0 Å². The van der Waals surface area contributed by atoms with Crippen molar-refractivity contribution < 1.29 is 4.79 Å². The zero-order valence-corrected chi connectivity index (χ0v) is 18.2. The Morgan fingerprint density at radius 1 is 1.38 bits per heavy atom. The summed E-state index contributed by atoms with van der Waals surface area (Å²) in [6.45, 7) is 10.3. The van der Waals surface area contributed by atoms with Gasteiger partial charge in [-0.1, -0.05) is 6.08 Å². The standard InChI is InChI=1S/C22H36N6O/c1-5-7-28-15-16(11-21(29)27(6-2)9-8-26(3)4)10-17-12-19-18(13-20(17)28)14-24-22(23)25-19/h5,14,16-17,20H,1,6-13,15H2,2-4H3,(H2,23,24,25)/t16-,17-,20-/m1/s1. The summed E-state index contributed by atoms with van der Waals surface area (Å²) in [6, 6.07) is 0.468. The smallest absolute Gasteiger partial charge is 0.222 e. The van der Waals surface area contributed by atoms with Gasteiger partial charge in [-0.25, -0.2) is 9.97 Å². The van der Waals surface area contributed by atoms with Gasteiger partial charge in [-0.3, -0.25) is 9.69 Å². The molecule has 2 heterocycles. The lowest BCUT2D eigenvalue weighted by Gasteiger charge is -2.47. The van der Waals surface area contributed by atoms with Crippen LogP contribution in [0.2, 0.25) is 0 Å². The van der Waals surface area contributed by atoms with Crippen molar-refractivity contribution in [1.82, 2.24) is 24.7 Å². The van der Waals surface area contributed by atoms with Crippen molar-refractivity contribution in [3.05, 3.63) is 30.1 Å². The van der Waals surface area contributed by atoms with Crippen LogP contribution in [0.4, 0.5) is 5.95 Å². The number of amides is 1. The van der Waals surface area contributed by atoms with Gasteiger partial charge in [0.25, 0.3) is 0 Å². The normalized spacial score (nSPS) is 24.1. The summed E-state index contributed by atoms with van der Waals surface area (Å²) in [5, 5.41) is 0. The van der Waals surface area contributed by atoms with Crippen LogP contribution in [0.1, 0.15) is 31.0 Å². The zero-order chi connectivity index (χ0) is 21.0. The lowest BCUT2D eigenvalue weighted by atomic mass is 9.73. The number of anilines is 1. The van der Waals surface area contributed by atoms with E-state index >= 15 is 0 Å². The highest BCUT2D eigenvalue weighted by molar-refractivity contribution is 5.76. The molecule has 1 amide bonds. The first-order valence-corrected chi connectivity index (χ1v) is 10.8. The molecule has 3 atom stereocenters. The van der Waals surface area contributed by atoms with E-state index in [4.69, 9.17) is 5.73 Å². The predicted molar refractivity (Wildman–Crippen MR) is 116 cm³/mol. The first-order valence-electron chi connectivity index (χ1n) is 10.8. The fourth-order valence-corrected chi connectivity index (χ4v) is 4.90. The molecule has 29 heavy (non-hydrogen) atoms. The fraction of sp³-hybridized carbons (Fsp3) is 0.682. The van der Waals surface area contributed by atoms with Crippen LogP contribution in [-0.4, -0.2) is 83.4 Å². The van der Waals surface area contributed by atoms with Gasteiger partial charge in [0.2, 0.25) is 11.9 Å². The molecule has 1 fully saturated rings. The molecule has 0 radical (unpaired) electrons. The largest absolute Gasteiger partial charge is 0.368 e. The van der Waals surface area contributed by atoms with Crippen LogP contribution in [0.25, 0.3) is 0 Å². The molecule has 0 aromatic carbocycles. The molecule has 1 aromatic rings. The van der Waals surface area contributed by atoms with E-state index in [9.17, 15) is 4.79 Å². The Balaban J connectivity index is 1.69. The topological polar surface area (TPSA) is 78.6 Å². The maximum absolute atomic E-state index is 13.0. The number of hydrogen-bond acceptors (Lipinski definition) is 6. The van der Waals surface area contributed by atoms with Gasteiger partial charge in [0.1, 0.15) is 0 Å². The third kappa shape index (κ3) is 5.34. The van der Waals surface area contributed by atoms with E-state index in [0.29, 0.717) is 30.2 Å². The van der Waals surface area contributed by atoms with Crippen LogP contribution < -0.4 is 5.73 Å². The minimum Gasteiger partial charge on any atom is -0.368 e. The maximum Gasteiger partial charge on any atom is 0.222 e. The van der Waals surface area contributed by atoms with Gasteiger partial charge in [-0.15, -0.1) is 6.58 Å². The number of aromatic nitrogens is 2. The molecule has 0 spiro atoms. The van der Waals surface area contributed by atoms with Gasteiger partial charge in [0.05, 0.1) is 0 Å². The van der Waals surface area contributed by atoms with Gasteiger partial charge in [-0.2, -0.15) is 0 Å². The van der Waals surface area contributed by atoms with Gasteiger partial charge in [0.15, 0.2) is 0 Å². The summed E-state index contributed by atoms with van der Waals surface area (Å²) < 4.78 is 0. The van der Waals surface area contributed by atoms with Crippen LogP contribution in [0.15, 0.2) is 18.9 Å². The Morgan fingerprint density at radius 3 is 2.86 bits per heavy atom.